The molecule has 0 radical (unpaired) electrons. The van der Waals surface area contributed by atoms with Crippen LogP contribution in [0.3, 0.4) is 0 Å². The van der Waals surface area contributed by atoms with Crippen LogP contribution in [0.4, 0.5) is 0 Å². The van der Waals surface area contributed by atoms with Gasteiger partial charge in [0.2, 0.25) is 0 Å². The summed E-state index contributed by atoms with van der Waals surface area (Å²) in [5, 5.41) is 0.741. The second kappa shape index (κ2) is 7.54. The number of benzene rings is 1. The van der Waals surface area contributed by atoms with E-state index >= 15 is 0 Å². The highest BCUT2D eigenvalue weighted by molar-refractivity contribution is 6.30. The lowest BCUT2D eigenvalue weighted by Gasteiger charge is -2.22. The number of rotatable bonds is 7. The van der Waals surface area contributed by atoms with Crippen LogP contribution >= 0.6 is 11.6 Å². The van der Waals surface area contributed by atoms with E-state index < -0.39 is 0 Å². The summed E-state index contributed by atoms with van der Waals surface area (Å²) in [4.78, 5) is 2.31. The Labute approximate surface area is 109 Å². The molecule has 0 unspecified atom stereocenters. The summed E-state index contributed by atoms with van der Waals surface area (Å²) in [5.74, 6) is 0.882. The van der Waals surface area contributed by atoms with Crippen molar-refractivity contribution in [2.45, 2.75) is 19.9 Å². The third-order valence-electron chi connectivity index (χ3n) is 2.62. The molecule has 0 fully saturated rings. The summed E-state index contributed by atoms with van der Waals surface area (Å²) >= 11 is 6.01. The second-order valence-electron chi connectivity index (χ2n) is 4.02. The van der Waals surface area contributed by atoms with Crippen molar-refractivity contribution in [2.24, 2.45) is 5.73 Å². The maximum absolute atomic E-state index is 6.01. The minimum atomic E-state index is 0.670. The van der Waals surface area contributed by atoms with Crippen molar-refractivity contribution in [1.82, 2.24) is 4.90 Å². The van der Waals surface area contributed by atoms with Crippen LogP contribution in [0.5, 0.6) is 5.75 Å². The molecule has 0 saturated heterocycles. The summed E-state index contributed by atoms with van der Waals surface area (Å²) in [6.07, 6.45) is 1.11. The van der Waals surface area contributed by atoms with Crippen LogP contribution < -0.4 is 10.5 Å². The fourth-order valence-electron chi connectivity index (χ4n) is 1.88. The lowest BCUT2D eigenvalue weighted by Crippen LogP contribution is -2.29. The van der Waals surface area contributed by atoms with Crippen LogP contribution in [-0.2, 0) is 6.54 Å². The molecule has 3 nitrogen and oxygen atoms in total. The first-order valence-electron chi connectivity index (χ1n) is 5.96. The molecule has 2 N–H and O–H groups in total. The summed E-state index contributed by atoms with van der Waals surface area (Å²) in [5.41, 5.74) is 6.73. The Morgan fingerprint density at radius 2 is 2.12 bits per heavy atom. The normalized spacial score (nSPS) is 10.9. The van der Waals surface area contributed by atoms with E-state index in [4.69, 9.17) is 22.1 Å². The molecule has 0 aliphatic heterocycles. The van der Waals surface area contributed by atoms with Gasteiger partial charge in [0.15, 0.2) is 0 Å². The summed E-state index contributed by atoms with van der Waals surface area (Å²) in [6.45, 7) is 5.59. The van der Waals surface area contributed by atoms with Gasteiger partial charge in [-0.15, -0.1) is 0 Å². The average molecular weight is 257 g/mol. The molecule has 0 bridgehead atoms. The predicted octanol–water partition coefficient (Wildman–Crippen LogP) is 2.52. The lowest BCUT2D eigenvalue weighted by molar-refractivity contribution is 0.268. The van der Waals surface area contributed by atoms with E-state index in [1.165, 1.54) is 0 Å². The van der Waals surface area contributed by atoms with Gasteiger partial charge in [-0.3, -0.25) is 4.90 Å². The van der Waals surface area contributed by atoms with Gasteiger partial charge in [0.05, 0.1) is 7.11 Å². The van der Waals surface area contributed by atoms with Crippen molar-refractivity contribution in [3.8, 4) is 5.75 Å². The van der Waals surface area contributed by atoms with Gasteiger partial charge in [0, 0.05) is 30.2 Å². The Kier molecular flexibility index (Phi) is 6.34. The highest BCUT2D eigenvalue weighted by Gasteiger charge is 2.09. The van der Waals surface area contributed by atoms with Crippen LogP contribution in [0.15, 0.2) is 18.2 Å². The number of halogens is 1. The molecule has 0 aromatic heterocycles. The molecule has 17 heavy (non-hydrogen) atoms. The molecule has 0 spiro atoms. The van der Waals surface area contributed by atoms with Crippen molar-refractivity contribution < 1.29 is 4.74 Å². The van der Waals surface area contributed by atoms with E-state index in [1.807, 2.05) is 18.2 Å². The van der Waals surface area contributed by atoms with Crippen molar-refractivity contribution in [3.05, 3.63) is 28.8 Å². The second-order valence-corrected chi connectivity index (χ2v) is 4.46. The zero-order chi connectivity index (χ0) is 12.7. The average Bonchev–Trinajstić information content (AvgIpc) is 2.30. The molecule has 1 aromatic rings. The van der Waals surface area contributed by atoms with Gasteiger partial charge < -0.3 is 10.5 Å². The van der Waals surface area contributed by atoms with Gasteiger partial charge in [-0.25, -0.2) is 0 Å². The SMILES string of the molecule is CCCN(CCN)Cc1cc(Cl)ccc1OC. The number of nitrogens with zero attached hydrogens (tertiary/aromatic N) is 1. The molecule has 0 aliphatic rings. The van der Waals surface area contributed by atoms with E-state index in [0.29, 0.717) is 6.54 Å². The van der Waals surface area contributed by atoms with E-state index in [2.05, 4.69) is 11.8 Å². The van der Waals surface area contributed by atoms with Gasteiger partial charge in [0.1, 0.15) is 5.75 Å². The molecule has 0 amide bonds. The standard InChI is InChI=1S/C13H21ClN2O/c1-3-7-16(8-6-15)10-11-9-12(14)4-5-13(11)17-2/h4-5,9H,3,6-8,10,15H2,1-2H3. The van der Waals surface area contributed by atoms with E-state index in [1.54, 1.807) is 7.11 Å². The molecule has 96 valence electrons. The van der Waals surface area contributed by atoms with Crippen LogP contribution in [0.2, 0.25) is 5.02 Å². The van der Waals surface area contributed by atoms with Crippen LogP contribution in [0.25, 0.3) is 0 Å². The predicted molar refractivity (Wildman–Crippen MR) is 72.6 cm³/mol. The van der Waals surface area contributed by atoms with Crippen molar-refractivity contribution in [1.29, 1.82) is 0 Å². The summed E-state index contributed by atoms with van der Waals surface area (Å²) < 4.78 is 5.34. The first-order valence-corrected chi connectivity index (χ1v) is 6.33. The van der Waals surface area contributed by atoms with Gasteiger partial charge in [0.25, 0.3) is 0 Å². The van der Waals surface area contributed by atoms with Gasteiger partial charge in [-0.05, 0) is 31.2 Å². The maximum Gasteiger partial charge on any atom is 0.123 e. The summed E-state index contributed by atoms with van der Waals surface area (Å²) in [7, 11) is 1.68. The number of hydrogen-bond acceptors (Lipinski definition) is 3. The van der Waals surface area contributed by atoms with Gasteiger partial charge in [-0.1, -0.05) is 18.5 Å². The molecule has 0 atom stereocenters. The quantitative estimate of drug-likeness (QED) is 0.815. The fraction of sp³-hybridized carbons (Fsp3) is 0.538. The third-order valence-corrected chi connectivity index (χ3v) is 2.86. The Hall–Kier alpha value is -0.770. The van der Waals surface area contributed by atoms with Crippen molar-refractivity contribution >= 4 is 11.6 Å². The Bertz CT molecular complexity index is 338. The van der Waals surface area contributed by atoms with Gasteiger partial charge >= 0.3 is 0 Å². The largest absolute Gasteiger partial charge is 0.496 e. The Morgan fingerprint density at radius 3 is 2.71 bits per heavy atom. The topological polar surface area (TPSA) is 38.5 Å². The van der Waals surface area contributed by atoms with Crippen molar-refractivity contribution in [3.63, 3.8) is 0 Å². The van der Waals surface area contributed by atoms with Crippen LogP contribution in [-0.4, -0.2) is 31.6 Å². The van der Waals surface area contributed by atoms with E-state index in [0.717, 1.165) is 42.4 Å². The molecule has 0 saturated carbocycles. The number of ether oxygens (including phenoxy) is 1. The molecule has 1 aromatic carbocycles. The minimum Gasteiger partial charge on any atom is -0.496 e. The van der Waals surface area contributed by atoms with E-state index in [9.17, 15) is 0 Å². The first-order chi connectivity index (χ1) is 8.21. The maximum atomic E-state index is 6.01. The van der Waals surface area contributed by atoms with Crippen LogP contribution in [0, 0.1) is 0 Å². The lowest BCUT2D eigenvalue weighted by atomic mass is 10.2. The zero-order valence-electron chi connectivity index (χ0n) is 10.6. The highest BCUT2D eigenvalue weighted by atomic mass is 35.5. The highest BCUT2D eigenvalue weighted by Crippen LogP contribution is 2.23. The number of nitrogens with two attached hydrogens (primary N) is 1. The molecule has 1 rings (SSSR count). The fourth-order valence-corrected chi connectivity index (χ4v) is 2.08. The number of hydrogen-bond donors (Lipinski definition) is 1. The first kappa shape index (κ1) is 14.3. The zero-order valence-corrected chi connectivity index (χ0v) is 11.3. The number of methoxy groups -OCH3 is 1. The Morgan fingerprint density at radius 1 is 1.35 bits per heavy atom. The van der Waals surface area contributed by atoms with Gasteiger partial charge in [-0.2, -0.15) is 0 Å². The third kappa shape index (κ3) is 4.54. The summed E-state index contributed by atoms with van der Waals surface area (Å²) in [6, 6.07) is 5.71. The van der Waals surface area contributed by atoms with E-state index in [-0.39, 0.29) is 0 Å². The molecule has 0 aliphatic carbocycles. The minimum absolute atomic E-state index is 0.670. The molecule has 0 heterocycles. The Balaban J connectivity index is 2.79. The monoisotopic (exact) mass is 256 g/mol. The van der Waals surface area contributed by atoms with Crippen LogP contribution in [0.1, 0.15) is 18.9 Å². The molecule has 4 heteroatoms. The smallest absolute Gasteiger partial charge is 0.123 e. The van der Waals surface area contributed by atoms with Crippen molar-refractivity contribution in [2.75, 3.05) is 26.7 Å². The molecular weight excluding hydrogens is 236 g/mol. The molecular formula is C13H21ClN2O.